The molecule has 0 radical (unpaired) electrons. The van der Waals surface area contributed by atoms with E-state index in [1.54, 1.807) is 13.8 Å². The second-order valence-electron chi connectivity index (χ2n) is 3.46. The highest BCUT2D eigenvalue weighted by Gasteiger charge is 2.05. The second-order valence-corrected chi connectivity index (χ2v) is 3.90. The van der Waals surface area contributed by atoms with E-state index in [1.165, 1.54) is 0 Å². The van der Waals surface area contributed by atoms with Crippen molar-refractivity contribution in [2.75, 3.05) is 0 Å². The third-order valence-electron chi connectivity index (χ3n) is 1.60. The van der Waals surface area contributed by atoms with Gasteiger partial charge in [-0.05, 0) is 32.4 Å². The van der Waals surface area contributed by atoms with Gasteiger partial charge in [-0.1, -0.05) is 36.7 Å². The third-order valence-corrected chi connectivity index (χ3v) is 1.85. The standard InChI is InChI=1S/C6H5Cl.C5H12O/c7-6-4-2-1-3-5-6;1-4-5(2,3)6/h1-5H;6H,4H2,1-3H3. The van der Waals surface area contributed by atoms with Crippen LogP contribution >= 0.6 is 11.6 Å². The third kappa shape index (κ3) is 9.38. The van der Waals surface area contributed by atoms with Gasteiger partial charge in [0.05, 0.1) is 5.60 Å². The van der Waals surface area contributed by atoms with Crippen molar-refractivity contribution in [1.82, 2.24) is 0 Å². The normalized spacial score (nSPS) is 10.2. The fourth-order valence-corrected chi connectivity index (χ4v) is 0.560. The summed E-state index contributed by atoms with van der Waals surface area (Å²) in [5.41, 5.74) is -0.458. The quantitative estimate of drug-likeness (QED) is 0.736. The predicted molar refractivity (Wildman–Crippen MR) is 58.0 cm³/mol. The van der Waals surface area contributed by atoms with Gasteiger partial charge >= 0.3 is 0 Å². The number of aliphatic hydroxyl groups is 1. The summed E-state index contributed by atoms with van der Waals surface area (Å²) in [6.45, 7) is 5.56. The molecule has 0 aliphatic heterocycles. The Bertz CT molecular complexity index is 213. The lowest BCUT2D eigenvalue weighted by Gasteiger charge is -2.11. The van der Waals surface area contributed by atoms with Crippen molar-refractivity contribution < 1.29 is 5.11 Å². The fraction of sp³-hybridized carbons (Fsp3) is 0.455. The molecule has 0 amide bonds. The smallest absolute Gasteiger partial charge is 0.0589 e. The van der Waals surface area contributed by atoms with Crippen LogP contribution in [0.5, 0.6) is 0 Å². The molecule has 0 heterocycles. The van der Waals surface area contributed by atoms with Gasteiger partial charge in [0.1, 0.15) is 0 Å². The molecule has 0 unspecified atom stereocenters. The van der Waals surface area contributed by atoms with Crippen molar-refractivity contribution in [2.45, 2.75) is 32.8 Å². The molecule has 0 aliphatic rings. The van der Waals surface area contributed by atoms with Crippen molar-refractivity contribution >= 4 is 11.6 Å². The van der Waals surface area contributed by atoms with Crippen molar-refractivity contribution in [3.63, 3.8) is 0 Å². The van der Waals surface area contributed by atoms with Gasteiger partial charge in [0, 0.05) is 5.02 Å². The van der Waals surface area contributed by atoms with Gasteiger partial charge in [0.15, 0.2) is 0 Å². The molecule has 13 heavy (non-hydrogen) atoms. The van der Waals surface area contributed by atoms with Crippen molar-refractivity contribution in [3.05, 3.63) is 35.4 Å². The van der Waals surface area contributed by atoms with E-state index in [0.717, 1.165) is 11.4 Å². The molecule has 1 N–H and O–H groups in total. The highest BCUT2D eigenvalue weighted by atomic mass is 35.5. The van der Waals surface area contributed by atoms with E-state index in [0.29, 0.717) is 0 Å². The molecule has 1 rings (SSSR count). The molecule has 0 atom stereocenters. The Labute approximate surface area is 85.4 Å². The van der Waals surface area contributed by atoms with Crippen LogP contribution in [0.3, 0.4) is 0 Å². The average molecular weight is 201 g/mol. The van der Waals surface area contributed by atoms with Crippen molar-refractivity contribution in [2.24, 2.45) is 0 Å². The molecule has 0 aromatic heterocycles. The molecule has 0 bridgehead atoms. The largest absolute Gasteiger partial charge is 0.390 e. The van der Waals surface area contributed by atoms with Crippen LogP contribution in [0, 0.1) is 0 Å². The van der Waals surface area contributed by atoms with Crippen molar-refractivity contribution in [3.8, 4) is 0 Å². The second kappa shape index (κ2) is 6.01. The minimum absolute atomic E-state index is 0.458. The maximum absolute atomic E-state index is 8.83. The Kier molecular flexibility index (Phi) is 5.76. The monoisotopic (exact) mass is 200 g/mol. The van der Waals surface area contributed by atoms with E-state index in [-0.39, 0.29) is 0 Å². The molecular formula is C11H17ClO. The van der Waals surface area contributed by atoms with Crippen LogP contribution in [-0.4, -0.2) is 10.7 Å². The van der Waals surface area contributed by atoms with E-state index in [4.69, 9.17) is 16.7 Å². The maximum atomic E-state index is 8.83. The first kappa shape index (κ1) is 12.5. The molecule has 1 aromatic rings. The van der Waals surface area contributed by atoms with Gasteiger partial charge in [-0.15, -0.1) is 0 Å². The Morgan fingerprint density at radius 3 is 1.77 bits per heavy atom. The first-order chi connectivity index (χ1) is 5.95. The van der Waals surface area contributed by atoms with Gasteiger partial charge in [-0.2, -0.15) is 0 Å². The molecule has 0 aliphatic carbocycles. The number of rotatable bonds is 1. The summed E-state index contributed by atoms with van der Waals surface area (Å²) in [4.78, 5) is 0. The number of halogens is 1. The Morgan fingerprint density at radius 2 is 1.62 bits per heavy atom. The molecular weight excluding hydrogens is 184 g/mol. The Morgan fingerprint density at radius 1 is 1.23 bits per heavy atom. The van der Waals surface area contributed by atoms with Crippen LogP contribution in [0.4, 0.5) is 0 Å². The van der Waals surface area contributed by atoms with Gasteiger partial charge < -0.3 is 5.11 Å². The van der Waals surface area contributed by atoms with Crippen LogP contribution in [0.15, 0.2) is 30.3 Å². The predicted octanol–water partition coefficient (Wildman–Crippen LogP) is 3.51. The zero-order chi connectivity index (χ0) is 10.3. The van der Waals surface area contributed by atoms with E-state index in [2.05, 4.69) is 0 Å². The van der Waals surface area contributed by atoms with Crippen LogP contribution in [-0.2, 0) is 0 Å². The summed E-state index contributed by atoms with van der Waals surface area (Å²) in [5.74, 6) is 0. The molecule has 0 spiro atoms. The Hall–Kier alpha value is -0.530. The summed E-state index contributed by atoms with van der Waals surface area (Å²) >= 11 is 5.54. The van der Waals surface area contributed by atoms with Gasteiger partial charge in [0.25, 0.3) is 0 Å². The molecule has 74 valence electrons. The number of hydrogen-bond donors (Lipinski definition) is 1. The zero-order valence-electron chi connectivity index (χ0n) is 8.42. The lowest BCUT2D eigenvalue weighted by atomic mass is 10.1. The van der Waals surface area contributed by atoms with E-state index in [1.807, 2.05) is 37.3 Å². The van der Waals surface area contributed by atoms with Gasteiger partial charge in [0.2, 0.25) is 0 Å². The van der Waals surface area contributed by atoms with Gasteiger partial charge in [-0.25, -0.2) is 0 Å². The summed E-state index contributed by atoms with van der Waals surface area (Å²) in [7, 11) is 0. The average Bonchev–Trinajstić information content (AvgIpc) is 2.06. The number of hydrogen-bond acceptors (Lipinski definition) is 1. The first-order valence-corrected chi connectivity index (χ1v) is 4.76. The minimum atomic E-state index is -0.458. The van der Waals surface area contributed by atoms with E-state index >= 15 is 0 Å². The van der Waals surface area contributed by atoms with Crippen LogP contribution < -0.4 is 0 Å². The van der Waals surface area contributed by atoms with E-state index in [9.17, 15) is 0 Å². The Balaban J connectivity index is 0.000000226. The highest BCUT2D eigenvalue weighted by molar-refractivity contribution is 6.30. The molecule has 1 nitrogen and oxygen atoms in total. The van der Waals surface area contributed by atoms with Crippen LogP contribution in [0.1, 0.15) is 27.2 Å². The first-order valence-electron chi connectivity index (χ1n) is 4.38. The molecule has 0 saturated heterocycles. The fourth-order valence-electron chi connectivity index (χ4n) is 0.415. The molecule has 2 heteroatoms. The number of benzene rings is 1. The van der Waals surface area contributed by atoms with Crippen LogP contribution in [0.2, 0.25) is 5.02 Å². The van der Waals surface area contributed by atoms with E-state index < -0.39 is 5.60 Å². The molecule has 0 fully saturated rings. The molecule has 0 saturated carbocycles. The highest BCUT2D eigenvalue weighted by Crippen LogP contribution is 2.04. The molecule has 1 aromatic carbocycles. The SMILES string of the molecule is CCC(C)(C)O.Clc1ccccc1. The maximum Gasteiger partial charge on any atom is 0.0589 e. The topological polar surface area (TPSA) is 20.2 Å². The summed E-state index contributed by atoms with van der Waals surface area (Å²) in [5, 5.41) is 9.62. The lowest BCUT2D eigenvalue weighted by molar-refractivity contribution is 0.0765. The lowest BCUT2D eigenvalue weighted by Crippen LogP contribution is -2.15. The summed E-state index contributed by atoms with van der Waals surface area (Å²) in [6.07, 6.45) is 0.826. The van der Waals surface area contributed by atoms with Crippen LogP contribution in [0.25, 0.3) is 0 Å². The zero-order valence-corrected chi connectivity index (χ0v) is 9.17. The minimum Gasteiger partial charge on any atom is -0.390 e. The van der Waals surface area contributed by atoms with Gasteiger partial charge in [-0.3, -0.25) is 0 Å². The summed E-state index contributed by atoms with van der Waals surface area (Å²) in [6, 6.07) is 9.44. The van der Waals surface area contributed by atoms with Crippen molar-refractivity contribution in [1.29, 1.82) is 0 Å². The summed E-state index contributed by atoms with van der Waals surface area (Å²) < 4.78 is 0.